The summed E-state index contributed by atoms with van der Waals surface area (Å²) in [5, 5.41) is 10.5. The van der Waals surface area contributed by atoms with Gasteiger partial charge < -0.3 is 29.3 Å². The van der Waals surface area contributed by atoms with Crippen LogP contribution in [0.4, 0.5) is 10.5 Å². The van der Waals surface area contributed by atoms with Gasteiger partial charge >= 0.3 is 12.0 Å². The predicted octanol–water partition coefficient (Wildman–Crippen LogP) is 2.87. The number of carbonyl (C=O) groups excluding carboxylic acids is 2. The lowest BCUT2D eigenvalue weighted by molar-refractivity contribution is -0.143. The topological polar surface area (TPSA) is 116 Å². The quantitative estimate of drug-likeness (QED) is 0.453. The van der Waals surface area contributed by atoms with E-state index >= 15 is 0 Å². The van der Waals surface area contributed by atoms with Gasteiger partial charge in [0.15, 0.2) is 11.5 Å². The zero-order valence-corrected chi connectivity index (χ0v) is 23.1. The maximum Gasteiger partial charge on any atom is 0.319 e. The Morgan fingerprint density at radius 1 is 1.18 bits per heavy atom. The second-order valence-electron chi connectivity index (χ2n) is 10.7. The Bertz CT molecular complexity index is 1230. The third-order valence-corrected chi connectivity index (χ3v) is 8.19. The van der Waals surface area contributed by atoms with E-state index in [1.54, 1.807) is 40.2 Å². The molecule has 1 aromatic carbocycles. The number of anilines is 1. The number of ether oxygens (including phenoxy) is 2. The molecule has 3 aliphatic heterocycles. The lowest BCUT2D eigenvalue weighted by Gasteiger charge is -2.30. The minimum atomic E-state index is -0.914. The fourth-order valence-electron chi connectivity index (χ4n) is 6.02. The lowest BCUT2D eigenvalue weighted by atomic mass is 9.84. The number of rotatable bonds is 11. The second kappa shape index (κ2) is 12.1. The van der Waals surface area contributed by atoms with Crippen LogP contribution in [0, 0.1) is 5.92 Å². The molecule has 11 nitrogen and oxygen atoms in total. The molecule has 2 aromatic rings. The number of benzene rings is 1. The smallest absolute Gasteiger partial charge is 0.319 e. The largest absolute Gasteiger partial charge is 0.481 e. The van der Waals surface area contributed by atoms with Crippen molar-refractivity contribution in [1.29, 1.82) is 0 Å². The summed E-state index contributed by atoms with van der Waals surface area (Å²) in [6.45, 7) is 4.92. The summed E-state index contributed by atoms with van der Waals surface area (Å²) in [5.41, 5.74) is 1.56. The number of amides is 3. The highest BCUT2D eigenvalue weighted by molar-refractivity contribution is 5.94. The van der Waals surface area contributed by atoms with Crippen LogP contribution < -0.4 is 14.4 Å². The highest BCUT2D eigenvalue weighted by Gasteiger charge is 2.47. The van der Waals surface area contributed by atoms with E-state index in [4.69, 9.17) is 9.47 Å². The van der Waals surface area contributed by atoms with Gasteiger partial charge in [0.05, 0.1) is 24.3 Å². The highest BCUT2D eigenvalue weighted by atomic mass is 16.7. The summed E-state index contributed by atoms with van der Waals surface area (Å²) in [6, 6.07) is 8.74. The number of carboxylic acid groups (broad SMARTS) is 1. The number of likely N-dealkylation sites (tertiary alicyclic amines) is 1. The van der Waals surface area contributed by atoms with Crippen LogP contribution in [0.25, 0.3) is 0 Å². The van der Waals surface area contributed by atoms with Gasteiger partial charge in [-0.15, -0.1) is 0 Å². The van der Waals surface area contributed by atoms with Crippen LogP contribution in [0.5, 0.6) is 11.5 Å². The van der Waals surface area contributed by atoms with Crippen LogP contribution in [0.2, 0.25) is 0 Å². The number of carboxylic acids is 1. The van der Waals surface area contributed by atoms with Crippen LogP contribution in [0.15, 0.2) is 42.7 Å². The summed E-state index contributed by atoms with van der Waals surface area (Å²) in [4.78, 5) is 50.5. The summed E-state index contributed by atoms with van der Waals surface area (Å²) >= 11 is 0. The zero-order valence-electron chi connectivity index (χ0n) is 23.1. The number of urea groups is 1. The van der Waals surface area contributed by atoms with E-state index in [0.717, 1.165) is 24.1 Å². The van der Waals surface area contributed by atoms with Gasteiger partial charge in [-0.05, 0) is 42.7 Å². The Balaban J connectivity index is 1.42. The van der Waals surface area contributed by atoms with Crippen molar-refractivity contribution in [3.05, 3.63) is 48.3 Å². The average molecular weight is 552 g/mol. The second-order valence-corrected chi connectivity index (χ2v) is 10.7. The molecule has 0 bridgehead atoms. The number of aliphatic carboxylic acids is 1. The molecule has 40 heavy (non-hydrogen) atoms. The molecule has 1 aromatic heterocycles. The average Bonchev–Trinajstić information content (AvgIpc) is 3.65. The van der Waals surface area contributed by atoms with Crippen molar-refractivity contribution >= 4 is 23.6 Å². The van der Waals surface area contributed by atoms with E-state index in [2.05, 4.69) is 11.9 Å². The summed E-state index contributed by atoms with van der Waals surface area (Å²) < 4.78 is 11.0. The van der Waals surface area contributed by atoms with Crippen molar-refractivity contribution in [2.75, 3.05) is 58.0 Å². The van der Waals surface area contributed by atoms with Gasteiger partial charge in [-0.3, -0.25) is 19.5 Å². The maximum absolute atomic E-state index is 13.8. The maximum atomic E-state index is 13.8. The molecule has 3 unspecified atom stereocenters. The molecule has 5 rings (SSSR count). The molecule has 3 amide bonds. The van der Waals surface area contributed by atoms with Crippen LogP contribution in [0.3, 0.4) is 0 Å². The van der Waals surface area contributed by atoms with Gasteiger partial charge in [-0.2, -0.15) is 0 Å². The van der Waals surface area contributed by atoms with Crippen molar-refractivity contribution in [2.45, 2.75) is 38.1 Å². The molecule has 1 N–H and O–H groups in total. The first-order valence-corrected chi connectivity index (χ1v) is 13.9. The van der Waals surface area contributed by atoms with E-state index < -0.39 is 17.9 Å². The number of fused-ring (bicyclic) bond motifs is 1. The molecule has 3 atom stereocenters. The number of hydrogen-bond acceptors (Lipinski definition) is 7. The van der Waals surface area contributed by atoms with E-state index in [1.165, 1.54) is 0 Å². The minimum absolute atomic E-state index is 0.0536. The van der Waals surface area contributed by atoms with Crippen molar-refractivity contribution in [3.8, 4) is 11.5 Å². The summed E-state index contributed by atoms with van der Waals surface area (Å²) in [6.07, 6.45) is 5.58. The molecular formula is C29H37N5O6. The fraction of sp³-hybridized carbons (Fsp3) is 0.517. The molecule has 0 radical (unpaired) electrons. The molecular weight excluding hydrogens is 514 g/mol. The normalized spacial score (nSPS) is 22.2. The van der Waals surface area contributed by atoms with Crippen molar-refractivity contribution in [2.24, 2.45) is 5.92 Å². The molecule has 2 fully saturated rings. The number of unbranched alkanes of at least 4 members (excludes halogenated alkanes) is 1. The first-order chi connectivity index (χ1) is 19.4. The highest BCUT2D eigenvalue weighted by Crippen LogP contribution is 2.43. The van der Waals surface area contributed by atoms with E-state index in [1.807, 2.05) is 29.2 Å². The van der Waals surface area contributed by atoms with Crippen LogP contribution in [-0.2, 0) is 9.59 Å². The van der Waals surface area contributed by atoms with Crippen LogP contribution in [-0.4, -0.2) is 102 Å². The van der Waals surface area contributed by atoms with Gasteiger partial charge in [-0.1, -0.05) is 19.4 Å². The minimum Gasteiger partial charge on any atom is -0.481 e. The molecule has 3 aliphatic rings. The summed E-state index contributed by atoms with van der Waals surface area (Å²) in [7, 11) is 1.77. The van der Waals surface area contributed by atoms with E-state index in [9.17, 15) is 19.5 Å². The Hall–Kier alpha value is -3.86. The molecule has 4 heterocycles. The Morgan fingerprint density at radius 2 is 2.00 bits per heavy atom. The fourth-order valence-corrected chi connectivity index (χ4v) is 6.02. The standard InChI is InChI=1S/C29H37N5O6/c1-3-4-11-34(21-6-5-10-30-16-21)26(35)18-33-17-22(20-7-8-24-25(15-20)40-19-39-24)27(28(36)37)23(33)9-12-32-14-13-31(2)29(32)38/h5-8,10,15-16,22-23,27H,3-4,9,11-14,17-19H2,1-2H3,(H,36,37). The molecule has 0 saturated carbocycles. The number of pyridine rings is 1. The number of carbonyl (C=O) groups is 3. The van der Waals surface area contributed by atoms with Crippen LogP contribution in [0.1, 0.15) is 37.7 Å². The molecule has 2 saturated heterocycles. The van der Waals surface area contributed by atoms with Crippen LogP contribution >= 0.6 is 0 Å². The van der Waals surface area contributed by atoms with E-state index in [-0.39, 0.29) is 31.2 Å². The van der Waals surface area contributed by atoms with Gasteiger partial charge in [-0.25, -0.2) is 4.79 Å². The van der Waals surface area contributed by atoms with Gasteiger partial charge in [0.25, 0.3) is 0 Å². The number of aromatic nitrogens is 1. The van der Waals surface area contributed by atoms with Gasteiger partial charge in [0.1, 0.15) is 0 Å². The molecule has 0 spiro atoms. The Kier molecular flexibility index (Phi) is 8.39. The third kappa shape index (κ3) is 5.70. The monoisotopic (exact) mass is 551 g/mol. The first-order valence-electron chi connectivity index (χ1n) is 13.9. The number of likely N-dealkylation sites (N-methyl/N-ethyl adjacent to an activating group) is 1. The zero-order chi connectivity index (χ0) is 28.2. The first kappa shape index (κ1) is 27.7. The van der Waals surface area contributed by atoms with Crippen molar-refractivity contribution < 1.29 is 29.0 Å². The number of hydrogen-bond donors (Lipinski definition) is 1. The van der Waals surface area contributed by atoms with Crippen molar-refractivity contribution in [3.63, 3.8) is 0 Å². The lowest BCUT2D eigenvalue weighted by Crippen LogP contribution is -2.46. The SMILES string of the molecule is CCCCN(C(=O)CN1CC(c2ccc3c(c2)OCO3)C(C(=O)O)C1CCN1CCN(C)C1=O)c1cccnc1. The number of nitrogens with zero attached hydrogens (tertiary/aromatic N) is 5. The molecule has 0 aliphatic carbocycles. The molecule has 11 heteroatoms. The Labute approximate surface area is 234 Å². The Morgan fingerprint density at radius 3 is 2.70 bits per heavy atom. The predicted molar refractivity (Wildman–Crippen MR) is 148 cm³/mol. The molecule has 214 valence electrons. The summed E-state index contributed by atoms with van der Waals surface area (Å²) in [5.74, 6) is -0.894. The van der Waals surface area contributed by atoms with Gasteiger partial charge in [0, 0.05) is 57.9 Å². The van der Waals surface area contributed by atoms with E-state index in [0.29, 0.717) is 50.6 Å². The van der Waals surface area contributed by atoms with Crippen molar-refractivity contribution in [1.82, 2.24) is 19.7 Å². The van der Waals surface area contributed by atoms with Gasteiger partial charge in [0.2, 0.25) is 12.7 Å². The third-order valence-electron chi connectivity index (χ3n) is 8.19.